The van der Waals surface area contributed by atoms with E-state index in [-0.39, 0.29) is 5.92 Å². The number of benzene rings is 11. The molecule has 11 aromatic carbocycles. The number of hydrogen-bond donors (Lipinski definition) is 0. The normalized spacial score (nSPS) is 16.6. The van der Waals surface area contributed by atoms with Crippen LogP contribution in [-0.4, -0.2) is 13.2 Å². The first-order valence-electron chi connectivity index (χ1n) is 22.0. The van der Waals surface area contributed by atoms with Crippen LogP contribution in [0.4, 0.5) is 0 Å². The molecule has 294 valence electrons. The van der Waals surface area contributed by atoms with Crippen molar-refractivity contribution in [3.63, 3.8) is 0 Å². The van der Waals surface area contributed by atoms with Gasteiger partial charge in [-0.25, -0.2) is 0 Å². The highest BCUT2D eigenvalue weighted by Gasteiger charge is 2.29. The van der Waals surface area contributed by atoms with Gasteiger partial charge < -0.3 is 9.47 Å². The van der Waals surface area contributed by atoms with Gasteiger partial charge in [0.25, 0.3) is 0 Å². The number of fused-ring (bicyclic) bond motifs is 14. The van der Waals surface area contributed by atoms with E-state index in [0.29, 0.717) is 13.2 Å². The lowest BCUT2D eigenvalue weighted by atomic mass is 9.85. The summed E-state index contributed by atoms with van der Waals surface area (Å²) in [6.45, 7) is 1.18. The molecule has 0 atom stereocenters. The second-order valence-electron chi connectivity index (χ2n) is 17.2. The third-order valence-electron chi connectivity index (χ3n) is 13.9. The minimum absolute atomic E-state index is 0.117. The summed E-state index contributed by atoms with van der Waals surface area (Å²) in [6, 6.07) is 67.3. The average molecular weight is 795 g/mol. The Hall–Kier alpha value is -7.10. The summed E-state index contributed by atoms with van der Waals surface area (Å²) in [5, 5.41) is 18.1. The predicted octanol–water partition coefficient (Wildman–Crippen LogP) is 15.9. The Morgan fingerprint density at radius 1 is 0.355 bits per heavy atom. The molecule has 2 nitrogen and oxygen atoms in total. The van der Waals surface area contributed by atoms with Crippen molar-refractivity contribution in [1.82, 2.24) is 0 Å². The lowest BCUT2D eigenvalue weighted by Gasteiger charge is -2.32. The maximum absolute atomic E-state index is 6.72. The van der Waals surface area contributed by atoms with Gasteiger partial charge in [0.2, 0.25) is 0 Å². The van der Waals surface area contributed by atoms with Crippen molar-refractivity contribution in [1.29, 1.82) is 0 Å². The van der Waals surface area contributed by atoms with Gasteiger partial charge in [0, 0.05) is 11.5 Å². The number of allylic oxidation sites excluding steroid dienone is 1. The molecule has 0 aromatic heterocycles. The zero-order chi connectivity index (χ0) is 40.7. The van der Waals surface area contributed by atoms with Crippen molar-refractivity contribution in [3.05, 3.63) is 210 Å². The maximum Gasteiger partial charge on any atom is 0.184 e. The summed E-state index contributed by atoms with van der Waals surface area (Å²) in [7, 11) is 0. The van der Waals surface area contributed by atoms with Gasteiger partial charge in [0.15, 0.2) is 6.29 Å². The fourth-order valence-corrected chi connectivity index (χ4v) is 11.0. The van der Waals surface area contributed by atoms with Crippen LogP contribution in [-0.2, 0) is 15.9 Å². The van der Waals surface area contributed by atoms with Gasteiger partial charge >= 0.3 is 0 Å². The van der Waals surface area contributed by atoms with E-state index in [0.717, 1.165) is 18.4 Å². The van der Waals surface area contributed by atoms with E-state index in [1.807, 2.05) is 0 Å². The Balaban J connectivity index is 0.825. The highest BCUT2D eigenvalue weighted by molar-refractivity contribution is 6.27. The molecule has 1 aliphatic carbocycles. The SMILES string of the molecule is C1=Cc2c(C3OCC(c4ccc(-c5ccc6c7ccccc7c7ccccc7c6c5)c5ccccc45)CO3)ccc(-c3ccc4c5ccccc5c5ccccc5c4c3)c2CC1. The van der Waals surface area contributed by atoms with E-state index in [1.54, 1.807) is 0 Å². The molecule has 1 saturated heterocycles. The molecule has 0 unspecified atom stereocenters. The molecule has 0 amide bonds. The van der Waals surface area contributed by atoms with Crippen LogP contribution in [0.25, 0.3) is 104 Å². The van der Waals surface area contributed by atoms with E-state index in [2.05, 4.69) is 194 Å². The number of rotatable bonds is 4. The van der Waals surface area contributed by atoms with Crippen LogP contribution in [0.5, 0.6) is 0 Å². The van der Waals surface area contributed by atoms with Crippen LogP contribution in [0.2, 0.25) is 0 Å². The highest BCUT2D eigenvalue weighted by Crippen LogP contribution is 2.44. The molecule has 2 heteroatoms. The van der Waals surface area contributed by atoms with E-state index < -0.39 is 6.29 Å². The second-order valence-corrected chi connectivity index (χ2v) is 17.2. The van der Waals surface area contributed by atoms with Crippen molar-refractivity contribution < 1.29 is 9.47 Å². The standard InChI is InChI=1S/C60H42O2/c1-2-15-45-42(30-29-40(43(45)13-1)37-25-27-55-50-20-6-4-16-46(50)48-18-8-11-23-53(48)58(55)33-37)39-35-61-60(62-36-39)57-32-31-41(44-14-3-10-22-52(44)57)38-26-28-56-51-21-7-5-17-47(51)49-19-9-12-24-54(49)59(56)34-38/h1-2,4-13,15-34,39,60H,3,14,35-36H2. The molecule has 1 fully saturated rings. The van der Waals surface area contributed by atoms with Crippen LogP contribution in [0, 0.1) is 0 Å². The topological polar surface area (TPSA) is 18.5 Å². The molecule has 0 radical (unpaired) electrons. The molecular formula is C60H42O2. The van der Waals surface area contributed by atoms with Crippen molar-refractivity contribution >= 4 is 81.5 Å². The summed E-state index contributed by atoms with van der Waals surface area (Å²) in [5.74, 6) is 0.117. The Morgan fingerprint density at radius 3 is 1.31 bits per heavy atom. The first-order valence-corrected chi connectivity index (χ1v) is 22.0. The molecule has 0 bridgehead atoms. The van der Waals surface area contributed by atoms with Gasteiger partial charge in [-0.1, -0.05) is 182 Å². The third-order valence-corrected chi connectivity index (χ3v) is 13.9. The minimum Gasteiger partial charge on any atom is -0.348 e. The maximum atomic E-state index is 6.72. The van der Waals surface area contributed by atoms with Crippen LogP contribution < -0.4 is 0 Å². The molecule has 0 saturated carbocycles. The van der Waals surface area contributed by atoms with Crippen LogP contribution in [0.15, 0.2) is 188 Å². The Morgan fingerprint density at radius 2 is 0.774 bits per heavy atom. The third kappa shape index (κ3) is 5.50. The van der Waals surface area contributed by atoms with Crippen molar-refractivity contribution in [3.8, 4) is 22.3 Å². The van der Waals surface area contributed by atoms with Crippen molar-refractivity contribution in [2.24, 2.45) is 0 Å². The summed E-state index contributed by atoms with van der Waals surface area (Å²) >= 11 is 0. The zero-order valence-electron chi connectivity index (χ0n) is 34.3. The molecule has 1 aliphatic heterocycles. The lowest BCUT2D eigenvalue weighted by molar-refractivity contribution is -0.191. The highest BCUT2D eigenvalue weighted by atomic mass is 16.7. The van der Waals surface area contributed by atoms with Gasteiger partial charge in [0.05, 0.1) is 13.2 Å². The van der Waals surface area contributed by atoms with E-state index in [1.165, 1.54) is 114 Å². The molecule has 0 spiro atoms. The summed E-state index contributed by atoms with van der Waals surface area (Å²) in [5.41, 5.74) is 10.0. The van der Waals surface area contributed by atoms with Gasteiger partial charge in [-0.3, -0.25) is 0 Å². The molecule has 11 aromatic rings. The molecule has 1 heterocycles. The van der Waals surface area contributed by atoms with Gasteiger partial charge in [-0.05, 0) is 139 Å². The molecule has 2 aliphatic rings. The quantitative estimate of drug-likeness (QED) is 0.165. The Kier molecular flexibility index (Phi) is 8.19. The Labute approximate surface area is 360 Å². The van der Waals surface area contributed by atoms with E-state index >= 15 is 0 Å². The minimum atomic E-state index is -0.419. The van der Waals surface area contributed by atoms with Gasteiger partial charge in [-0.2, -0.15) is 0 Å². The van der Waals surface area contributed by atoms with Crippen LogP contribution >= 0.6 is 0 Å². The predicted molar refractivity (Wildman–Crippen MR) is 261 cm³/mol. The monoisotopic (exact) mass is 794 g/mol. The van der Waals surface area contributed by atoms with Crippen molar-refractivity contribution in [2.45, 2.75) is 25.0 Å². The molecule has 13 rings (SSSR count). The van der Waals surface area contributed by atoms with E-state index in [9.17, 15) is 0 Å². The molecule has 62 heavy (non-hydrogen) atoms. The summed E-state index contributed by atoms with van der Waals surface area (Å²) < 4.78 is 13.4. The summed E-state index contributed by atoms with van der Waals surface area (Å²) in [4.78, 5) is 0. The fraction of sp³-hybridized carbons (Fsp3) is 0.100. The first-order chi connectivity index (χ1) is 30.8. The largest absolute Gasteiger partial charge is 0.348 e. The number of ether oxygens (including phenoxy) is 2. The average Bonchev–Trinajstić information content (AvgIpc) is 3.35. The molecular weight excluding hydrogens is 753 g/mol. The van der Waals surface area contributed by atoms with Crippen LogP contribution in [0.3, 0.4) is 0 Å². The van der Waals surface area contributed by atoms with Gasteiger partial charge in [0.1, 0.15) is 0 Å². The second kappa shape index (κ2) is 14.2. The fourth-order valence-electron chi connectivity index (χ4n) is 11.0. The van der Waals surface area contributed by atoms with Gasteiger partial charge in [-0.15, -0.1) is 0 Å². The van der Waals surface area contributed by atoms with E-state index in [4.69, 9.17) is 9.47 Å². The Bertz CT molecular complexity index is 3590. The lowest BCUT2D eigenvalue weighted by Crippen LogP contribution is -2.26. The summed E-state index contributed by atoms with van der Waals surface area (Å²) in [6.07, 6.45) is 6.19. The zero-order valence-corrected chi connectivity index (χ0v) is 34.3. The van der Waals surface area contributed by atoms with Crippen LogP contribution in [0.1, 0.15) is 40.9 Å². The first kappa shape index (κ1) is 35.6. The number of hydrogen-bond acceptors (Lipinski definition) is 2. The van der Waals surface area contributed by atoms with Crippen molar-refractivity contribution in [2.75, 3.05) is 13.2 Å². The smallest absolute Gasteiger partial charge is 0.184 e. The molecule has 0 N–H and O–H groups in total.